The highest BCUT2D eigenvalue weighted by Crippen LogP contribution is 2.30. The van der Waals surface area contributed by atoms with E-state index in [4.69, 9.17) is 24.1 Å². The molecule has 1 saturated carbocycles. The number of nitrogens with one attached hydrogen (secondary N) is 3. The number of likely N-dealkylation sites (tertiary alicyclic amines) is 1. The summed E-state index contributed by atoms with van der Waals surface area (Å²) >= 11 is 0. The number of ether oxygens (including phenoxy) is 4. The Morgan fingerprint density at radius 1 is 0.826 bits per heavy atom. The fourth-order valence-electron chi connectivity index (χ4n) is 9.15. The SMILES string of the molecule is CC[C@H](C)[C@@H]([C@@H](CC(=O)N1CCC[C@H]1[C@H](OC)[C@@H](C)C(=O)N[C@@H](Cc1ccccc1)C(=O)NS(=O)(=O)C1CC1)OC)N(C)C(=O)[C@@H](NC(=O)C(C(C)C)N(C)CCOCCOCCC(=O)O)C(C)C. The number of likely N-dealkylation sites (N-methyl/N-ethyl adjacent to an activating group) is 2. The molecule has 0 bridgehead atoms. The molecule has 4 N–H and O–H groups in total. The molecule has 0 aromatic heterocycles. The number of carboxylic acid groups (broad SMARTS) is 1. The maximum Gasteiger partial charge on any atom is 0.305 e. The highest BCUT2D eigenvalue weighted by Gasteiger charge is 2.44. The highest BCUT2D eigenvalue weighted by molar-refractivity contribution is 7.90. The third-order valence-corrected chi connectivity index (χ3v) is 15.2. The second-order valence-electron chi connectivity index (χ2n) is 19.3. The van der Waals surface area contributed by atoms with Crippen LogP contribution in [0.1, 0.15) is 99.0 Å². The van der Waals surface area contributed by atoms with E-state index >= 15 is 0 Å². The Labute approximate surface area is 410 Å². The average Bonchev–Trinajstić information content (AvgIpc) is 4.06. The van der Waals surface area contributed by atoms with Crippen molar-refractivity contribution in [2.45, 2.75) is 147 Å². The van der Waals surface area contributed by atoms with Gasteiger partial charge >= 0.3 is 5.97 Å². The predicted octanol–water partition coefficient (Wildman–Crippen LogP) is 2.85. The van der Waals surface area contributed by atoms with Crippen LogP contribution in [0.4, 0.5) is 0 Å². The summed E-state index contributed by atoms with van der Waals surface area (Å²) in [5.74, 6) is -4.56. The van der Waals surface area contributed by atoms with E-state index in [2.05, 4.69) is 15.4 Å². The lowest BCUT2D eigenvalue weighted by atomic mass is 9.89. The van der Waals surface area contributed by atoms with Crippen molar-refractivity contribution in [3.8, 4) is 0 Å². The van der Waals surface area contributed by atoms with Gasteiger partial charge in [0.05, 0.1) is 80.8 Å². The number of hydrogen-bond donors (Lipinski definition) is 4. The minimum absolute atomic E-state index is 0.0538. The summed E-state index contributed by atoms with van der Waals surface area (Å²) in [5, 5.41) is 14.0. The number of nitrogens with zero attached hydrogens (tertiary/aromatic N) is 3. The minimum Gasteiger partial charge on any atom is -0.481 e. The molecule has 20 heteroatoms. The van der Waals surface area contributed by atoms with Crippen molar-refractivity contribution >= 4 is 45.5 Å². The second kappa shape index (κ2) is 28.6. The Hall–Kier alpha value is -4.21. The fourth-order valence-corrected chi connectivity index (χ4v) is 10.5. The minimum atomic E-state index is -3.88. The zero-order chi connectivity index (χ0) is 51.6. The number of aliphatic carboxylic acids is 1. The van der Waals surface area contributed by atoms with Gasteiger partial charge in [-0.05, 0) is 56.0 Å². The van der Waals surface area contributed by atoms with Crippen LogP contribution in [0.2, 0.25) is 0 Å². The Morgan fingerprint density at radius 3 is 2.01 bits per heavy atom. The van der Waals surface area contributed by atoms with E-state index in [1.165, 1.54) is 14.2 Å². The molecule has 1 aromatic carbocycles. The summed E-state index contributed by atoms with van der Waals surface area (Å²) < 4.78 is 50.6. The molecular weight excluding hydrogens is 913 g/mol. The molecule has 1 heterocycles. The molecular formula is C49H82N6O13S. The van der Waals surface area contributed by atoms with Crippen molar-refractivity contribution in [3.63, 3.8) is 0 Å². The van der Waals surface area contributed by atoms with Gasteiger partial charge in [0.2, 0.25) is 33.7 Å². The van der Waals surface area contributed by atoms with E-state index < -0.39 is 81.4 Å². The van der Waals surface area contributed by atoms with Crippen LogP contribution >= 0.6 is 0 Å². The average molecular weight is 995 g/mol. The fraction of sp³-hybridized carbons (Fsp3) is 0.755. The van der Waals surface area contributed by atoms with Gasteiger partial charge in [-0.3, -0.25) is 38.4 Å². The topological polar surface area (TPSA) is 240 Å². The van der Waals surface area contributed by atoms with E-state index in [1.807, 2.05) is 59.6 Å². The smallest absolute Gasteiger partial charge is 0.305 e. The standard InChI is InChI=1S/C49H82N6O13S/c1-12-33(6)44(54(9)49(62)42(31(2)3)51-48(61)43(32(4)5)53(8)24-26-68-28-27-67-25-22-41(57)58)39(65-10)30-40(56)55-23-16-19-38(55)45(66-11)34(7)46(59)50-37(29-35-17-14-13-15-18-35)47(60)52-69(63,64)36-20-21-36/h13-15,17-18,31-34,36-39,42-45H,12,16,19-30H2,1-11H3,(H,50,59)(H,51,61)(H,52,60)(H,57,58)/t33-,34+,37-,38-,39+,42-,43?,44-,45+/m0/s1. The van der Waals surface area contributed by atoms with Crippen molar-refractivity contribution in [1.29, 1.82) is 0 Å². The van der Waals surface area contributed by atoms with E-state index in [9.17, 15) is 37.2 Å². The molecule has 5 amide bonds. The zero-order valence-corrected chi connectivity index (χ0v) is 43.6. The first-order valence-electron chi connectivity index (χ1n) is 24.5. The summed E-state index contributed by atoms with van der Waals surface area (Å²) in [7, 11) is 2.59. The molecule has 9 atom stereocenters. The lowest BCUT2D eigenvalue weighted by Gasteiger charge is -2.41. The highest BCUT2D eigenvalue weighted by atomic mass is 32.2. The predicted molar refractivity (Wildman–Crippen MR) is 260 cm³/mol. The number of sulfonamides is 1. The number of carboxylic acids is 1. The number of hydrogen-bond acceptors (Lipinski definition) is 13. The molecule has 2 fully saturated rings. The summed E-state index contributed by atoms with van der Waals surface area (Å²) in [4.78, 5) is 86.4. The van der Waals surface area contributed by atoms with Crippen LogP contribution in [0.3, 0.4) is 0 Å². The van der Waals surface area contributed by atoms with Gasteiger partial charge in [0.25, 0.3) is 5.91 Å². The van der Waals surface area contributed by atoms with Gasteiger partial charge in [-0.1, -0.05) is 85.2 Å². The van der Waals surface area contributed by atoms with Crippen molar-refractivity contribution in [3.05, 3.63) is 35.9 Å². The van der Waals surface area contributed by atoms with Gasteiger partial charge < -0.3 is 44.5 Å². The number of methoxy groups -OCH3 is 2. The zero-order valence-electron chi connectivity index (χ0n) is 42.8. The largest absolute Gasteiger partial charge is 0.481 e. The maximum absolute atomic E-state index is 14.6. The van der Waals surface area contributed by atoms with Gasteiger partial charge in [0, 0.05) is 40.8 Å². The Balaban J connectivity index is 1.74. The van der Waals surface area contributed by atoms with E-state index in [0.717, 1.165) is 5.56 Å². The van der Waals surface area contributed by atoms with Crippen molar-refractivity contribution < 1.29 is 61.2 Å². The molecule has 1 unspecified atom stereocenters. The van der Waals surface area contributed by atoms with Gasteiger partial charge in [-0.2, -0.15) is 0 Å². The maximum atomic E-state index is 14.6. The van der Waals surface area contributed by atoms with Gasteiger partial charge in [0.15, 0.2) is 0 Å². The summed E-state index contributed by atoms with van der Waals surface area (Å²) in [5.41, 5.74) is 0.726. The van der Waals surface area contributed by atoms with Crippen LogP contribution in [0, 0.1) is 23.7 Å². The molecule has 19 nitrogen and oxygen atoms in total. The number of benzene rings is 1. The Bertz CT molecular complexity index is 1920. The molecule has 392 valence electrons. The van der Waals surface area contributed by atoms with E-state index in [1.54, 1.807) is 48.0 Å². The van der Waals surface area contributed by atoms with Gasteiger partial charge in [-0.25, -0.2) is 8.42 Å². The molecule has 69 heavy (non-hydrogen) atoms. The van der Waals surface area contributed by atoms with Crippen molar-refractivity contribution in [1.82, 2.24) is 30.1 Å². The normalized spacial score (nSPS) is 18.8. The molecule has 0 spiro atoms. The lowest BCUT2D eigenvalue weighted by molar-refractivity contribution is -0.148. The summed E-state index contributed by atoms with van der Waals surface area (Å²) in [6.45, 7) is 15.0. The lowest BCUT2D eigenvalue weighted by Crippen LogP contribution is -2.60. The van der Waals surface area contributed by atoms with Crippen LogP contribution < -0.4 is 15.4 Å². The van der Waals surface area contributed by atoms with Crippen LogP contribution in [-0.2, 0) is 64.2 Å². The Morgan fingerprint density at radius 2 is 1.46 bits per heavy atom. The second-order valence-corrected chi connectivity index (χ2v) is 21.3. The number of carbonyl (C=O) groups excluding carboxylic acids is 5. The van der Waals surface area contributed by atoms with Crippen molar-refractivity contribution in [2.75, 3.05) is 67.8 Å². The number of carbonyl (C=O) groups is 6. The first-order valence-corrected chi connectivity index (χ1v) is 26.0. The first kappa shape index (κ1) is 59.1. The molecule has 1 aromatic rings. The molecule has 1 aliphatic carbocycles. The Kier molecular flexibility index (Phi) is 24.5. The monoisotopic (exact) mass is 995 g/mol. The quantitative estimate of drug-likeness (QED) is 0.0760. The molecule has 0 radical (unpaired) electrons. The number of amides is 5. The van der Waals surface area contributed by atoms with Gasteiger partial charge in [0.1, 0.15) is 12.1 Å². The van der Waals surface area contributed by atoms with E-state index in [-0.39, 0.29) is 74.6 Å². The molecule has 1 saturated heterocycles. The third kappa shape index (κ3) is 17.9. The van der Waals surface area contributed by atoms with Crippen LogP contribution in [-0.4, -0.2) is 179 Å². The van der Waals surface area contributed by atoms with Crippen molar-refractivity contribution in [2.24, 2.45) is 23.7 Å². The van der Waals surface area contributed by atoms with E-state index in [0.29, 0.717) is 51.8 Å². The first-order chi connectivity index (χ1) is 32.6. The summed E-state index contributed by atoms with van der Waals surface area (Å²) in [6.07, 6.45) is 1.14. The summed E-state index contributed by atoms with van der Waals surface area (Å²) in [6, 6.07) is 5.23. The van der Waals surface area contributed by atoms with Crippen LogP contribution in [0.5, 0.6) is 0 Å². The van der Waals surface area contributed by atoms with Gasteiger partial charge in [-0.15, -0.1) is 0 Å². The van der Waals surface area contributed by atoms with Crippen LogP contribution in [0.25, 0.3) is 0 Å². The number of rotatable bonds is 32. The van der Waals surface area contributed by atoms with Crippen LogP contribution in [0.15, 0.2) is 30.3 Å². The molecule has 3 rings (SSSR count). The third-order valence-electron chi connectivity index (χ3n) is 13.4. The molecule has 1 aliphatic heterocycles. The molecule has 2 aliphatic rings.